The zero-order valence-corrected chi connectivity index (χ0v) is 8.16. The zero-order valence-electron chi connectivity index (χ0n) is 8.16. The Balaban J connectivity index is 2.36. The number of benzene rings is 1. The molecule has 74 valence electrons. The molecule has 0 saturated heterocycles. The summed E-state index contributed by atoms with van der Waals surface area (Å²) in [5.74, 6) is -0.116. The minimum atomic E-state index is -0.116. The summed E-state index contributed by atoms with van der Waals surface area (Å²) in [5.41, 5.74) is 6.04. The molecule has 0 bridgehead atoms. The second-order valence-electron chi connectivity index (χ2n) is 2.77. The Morgan fingerprint density at radius 3 is 2.71 bits per heavy atom. The maximum Gasteiger partial charge on any atom is 0.265 e. The monoisotopic (exact) mass is 190 g/mol. The van der Waals surface area contributed by atoms with Crippen LogP contribution < -0.4 is 10.9 Å². The lowest BCUT2D eigenvalue weighted by molar-refractivity contribution is 0.0935. The second-order valence-corrected chi connectivity index (χ2v) is 2.77. The topological polar surface area (TPSA) is 41.1 Å². The van der Waals surface area contributed by atoms with Gasteiger partial charge in [0.25, 0.3) is 5.91 Å². The van der Waals surface area contributed by atoms with Crippen LogP contribution in [0.1, 0.15) is 17.3 Å². The first-order chi connectivity index (χ1) is 6.84. The maximum atomic E-state index is 11.4. The van der Waals surface area contributed by atoms with Gasteiger partial charge in [-0.15, -0.1) is 0 Å². The minimum Gasteiger partial charge on any atom is -0.287 e. The van der Waals surface area contributed by atoms with Gasteiger partial charge in [-0.25, -0.2) is 5.43 Å². The number of amides is 1. The Hall–Kier alpha value is -1.61. The van der Waals surface area contributed by atoms with Crippen LogP contribution in [0.3, 0.4) is 0 Å². The van der Waals surface area contributed by atoms with Crippen LogP contribution in [0, 0.1) is 0 Å². The molecule has 0 heterocycles. The Kier molecular flexibility index (Phi) is 4.44. The molecule has 1 aromatic rings. The zero-order chi connectivity index (χ0) is 10.2. The van der Waals surface area contributed by atoms with E-state index in [1.165, 1.54) is 0 Å². The van der Waals surface area contributed by atoms with E-state index in [1.807, 2.05) is 37.3 Å². The van der Waals surface area contributed by atoms with Gasteiger partial charge in [-0.05, 0) is 19.1 Å². The van der Waals surface area contributed by atoms with Crippen molar-refractivity contribution in [2.24, 2.45) is 0 Å². The summed E-state index contributed by atoms with van der Waals surface area (Å²) < 4.78 is 0. The van der Waals surface area contributed by atoms with E-state index < -0.39 is 0 Å². The molecule has 0 aromatic heterocycles. The molecule has 0 radical (unpaired) electrons. The van der Waals surface area contributed by atoms with Crippen LogP contribution in [0.15, 0.2) is 42.5 Å². The van der Waals surface area contributed by atoms with E-state index >= 15 is 0 Å². The van der Waals surface area contributed by atoms with E-state index in [9.17, 15) is 4.79 Å². The minimum absolute atomic E-state index is 0.116. The fraction of sp³-hybridized carbons (Fsp3) is 0.182. The lowest BCUT2D eigenvalue weighted by Crippen LogP contribution is -2.37. The van der Waals surface area contributed by atoms with Crippen molar-refractivity contribution in [3.63, 3.8) is 0 Å². The lowest BCUT2D eigenvalue weighted by Gasteiger charge is -2.04. The first kappa shape index (κ1) is 10.5. The Labute approximate surface area is 83.8 Å². The Bertz CT molecular complexity index is 306. The quantitative estimate of drug-likeness (QED) is 0.429. The highest BCUT2D eigenvalue weighted by Crippen LogP contribution is 1.96. The number of nitrogens with one attached hydrogen (secondary N) is 2. The summed E-state index contributed by atoms with van der Waals surface area (Å²) in [4.78, 5) is 11.4. The number of hydrogen-bond donors (Lipinski definition) is 2. The van der Waals surface area contributed by atoms with E-state index in [4.69, 9.17) is 0 Å². The molecule has 1 rings (SSSR count). The molecule has 3 nitrogen and oxygen atoms in total. The number of carbonyl (C=O) groups is 1. The van der Waals surface area contributed by atoms with Gasteiger partial charge in [-0.2, -0.15) is 0 Å². The van der Waals surface area contributed by atoms with Crippen LogP contribution in [-0.4, -0.2) is 12.5 Å². The molecule has 0 saturated carbocycles. The number of hydrogen-bond acceptors (Lipinski definition) is 2. The summed E-state index contributed by atoms with van der Waals surface area (Å²) in [5, 5.41) is 0. The van der Waals surface area contributed by atoms with Crippen LogP contribution in [0.4, 0.5) is 0 Å². The van der Waals surface area contributed by atoms with Gasteiger partial charge in [0.15, 0.2) is 0 Å². The molecule has 0 aliphatic heterocycles. The van der Waals surface area contributed by atoms with Crippen LogP contribution in [0.2, 0.25) is 0 Å². The molecule has 0 aliphatic carbocycles. The largest absolute Gasteiger partial charge is 0.287 e. The third kappa shape index (κ3) is 3.41. The summed E-state index contributed by atoms with van der Waals surface area (Å²) in [6.45, 7) is 2.57. The molecular formula is C11H14N2O. The molecule has 1 aromatic carbocycles. The number of rotatable bonds is 4. The van der Waals surface area contributed by atoms with E-state index in [-0.39, 0.29) is 5.91 Å². The van der Waals surface area contributed by atoms with Gasteiger partial charge in [0, 0.05) is 12.1 Å². The third-order valence-electron chi connectivity index (χ3n) is 1.69. The van der Waals surface area contributed by atoms with Crippen molar-refractivity contribution in [1.82, 2.24) is 10.9 Å². The fourth-order valence-corrected chi connectivity index (χ4v) is 0.970. The second kappa shape index (κ2) is 5.94. The van der Waals surface area contributed by atoms with Crippen molar-refractivity contribution in [3.8, 4) is 0 Å². The predicted octanol–water partition coefficient (Wildman–Crippen LogP) is 1.50. The summed E-state index contributed by atoms with van der Waals surface area (Å²) in [6, 6.07) is 9.09. The molecule has 3 heteroatoms. The lowest BCUT2D eigenvalue weighted by atomic mass is 10.2. The van der Waals surface area contributed by atoms with Gasteiger partial charge in [-0.3, -0.25) is 10.2 Å². The smallest absolute Gasteiger partial charge is 0.265 e. The van der Waals surface area contributed by atoms with Crippen molar-refractivity contribution >= 4 is 5.91 Å². The molecule has 2 N–H and O–H groups in total. The molecular weight excluding hydrogens is 176 g/mol. The van der Waals surface area contributed by atoms with Crippen LogP contribution in [0.25, 0.3) is 0 Å². The van der Waals surface area contributed by atoms with Crippen LogP contribution >= 0.6 is 0 Å². The van der Waals surface area contributed by atoms with E-state index in [0.29, 0.717) is 12.1 Å². The van der Waals surface area contributed by atoms with Crippen molar-refractivity contribution in [2.45, 2.75) is 6.92 Å². The Morgan fingerprint density at radius 1 is 1.36 bits per heavy atom. The van der Waals surface area contributed by atoms with Gasteiger partial charge in [-0.1, -0.05) is 30.4 Å². The SMILES string of the molecule is C/C=C\CNNC(=O)c1ccccc1. The average molecular weight is 190 g/mol. The van der Waals surface area contributed by atoms with Crippen molar-refractivity contribution in [3.05, 3.63) is 48.0 Å². The molecule has 0 atom stereocenters. The molecule has 0 aliphatic rings. The number of carbonyl (C=O) groups excluding carboxylic acids is 1. The van der Waals surface area contributed by atoms with Gasteiger partial charge >= 0.3 is 0 Å². The van der Waals surface area contributed by atoms with Gasteiger partial charge in [0.2, 0.25) is 0 Å². The van der Waals surface area contributed by atoms with Gasteiger partial charge in [0.05, 0.1) is 0 Å². The van der Waals surface area contributed by atoms with Crippen LogP contribution in [-0.2, 0) is 0 Å². The van der Waals surface area contributed by atoms with Gasteiger partial charge < -0.3 is 0 Å². The Morgan fingerprint density at radius 2 is 2.07 bits per heavy atom. The molecule has 0 unspecified atom stereocenters. The summed E-state index contributed by atoms with van der Waals surface area (Å²) in [7, 11) is 0. The maximum absolute atomic E-state index is 11.4. The molecule has 0 spiro atoms. The van der Waals surface area contributed by atoms with Crippen molar-refractivity contribution < 1.29 is 4.79 Å². The average Bonchev–Trinajstić information content (AvgIpc) is 2.25. The standard InChI is InChI=1S/C11H14N2O/c1-2-3-9-12-13-11(14)10-7-5-4-6-8-10/h2-8,12H,9H2,1H3,(H,13,14)/b3-2-. The summed E-state index contributed by atoms with van der Waals surface area (Å²) in [6.07, 6.45) is 3.84. The highest BCUT2D eigenvalue weighted by molar-refractivity contribution is 5.93. The van der Waals surface area contributed by atoms with E-state index in [0.717, 1.165) is 0 Å². The summed E-state index contributed by atoms with van der Waals surface area (Å²) >= 11 is 0. The predicted molar refractivity (Wildman–Crippen MR) is 56.7 cm³/mol. The number of allylic oxidation sites excluding steroid dienone is 1. The molecule has 14 heavy (non-hydrogen) atoms. The van der Waals surface area contributed by atoms with Crippen molar-refractivity contribution in [1.29, 1.82) is 0 Å². The fourth-order valence-electron chi connectivity index (χ4n) is 0.970. The normalized spacial score (nSPS) is 10.4. The van der Waals surface area contributed by atoms with E-state index in [1.54, 1.807) is 12.1 Å². The third-order valence-corrected chi connectivity index (χ3v) is 1.69. The molecule has 1 amide bonds. The first-order valence-electron chi connectivity index (χ1n) is 4.54. The molecule has 0 fully saturated rings. The number of hydrazine groups is 1. The van der Waals surface area contributed by atoms with Crippen LogP contribution in [0.5, 0.6) is 0 Å². The first-order valence-corrected chi connectivity index (χ1v) is 4.54. The highest BCUT2D eigenvalue weighted by atomic mass is 16.2. The van der Waals surface area contributed by atoms with E-state index in [2.05, 4.69) is 10.9 Å². The van der Waals surface area contributed by atoms with Gasteiger partial charge in [0.1, 0.15) is 0 Å². The highest BCUT2D eigenvalue weighted by Gasteiger charge is 2.01. The van der Waals surface area contributed by atoms with Crippen molar-refractivity contribution in [2.75, 3.05) is 6.54 Å².